The molecule has 1 heterocycles. The van der Waals surface area contributed by atoms with Crippen LogP contribution in [-0.2, 0) is 6.42 Å². The third kappa shape index (κ3) is 3.15. The summed E-state index contributed by atoms with van der Waals surface area (Å²) in [5.74, 6) is 0.0559. The number of aryl methyl sites for hydroxylation is 2. The molecule has 1 amide bonds. The summed E-state index contributed by atoms with van der Waals surface area (Å²) in [4.78, 5) is 14.5. The van der Waals surface area contributed by atoms with Crippen molar-refractivity contribution >= 4 is 5.91 Å². The summed E-state index contributed by atoms with van der Waals surface area (Å²) < 4.78 is 0. The van der Waals surface area contributed by atoms with Crippen molar-refractivity contribution in [3.05, 3.63) is 23.0 Å². The molecule has 0 bridgehead atoms. The molecule has 1 aromatic rings. The van der Waals surface area contributed by atoms with Crippen LogP contribution in [-0.4, -0.2) is 40.1 Å². The third-order valence-corrected chi connectivity index (χ3v) is 4.17. The van der Waals surface area contributed by atoms with Gasteiger partial charge in [-0.1, -0.05) is 6.92 Å². The minimum absolute atomic E-state index is 0.0559. The highest BCUT2D eigenvalue weighted by atomic mass is 16.2. The quantitative estimate of drug-likeness (QED) is 0.912. The maximum Gasteiger partial charge on any atom is 0.255 e. The van der Waals surface area contributed by atoms with Crippen molar-refractivity contribution in [2.24, 2.45) is 5.73 Å². The average molecular weight is 276 g/mol. The molecule has 0 unspecified atom stereocenters. The third-order valence-electron chi connectivity index (χ3n) is 4.17. The van der Waals surface area contributed by atoms with Crippen LogP contribution in [0, 0.1) is 6.92 Å². The number of aromatic nitrogens is 2. The molecule has 0 aliphatic heterocycles. The van der Waals surface area contributed by atoms with E-state index < -0.39 is 0 Å². The molecule has 0 spiro atoms. The molecule has 2 rings (SSSR count). The van der Waals surface area contributed by atoms with E-state index in [0.717, 1.165) is 43.5 Å². The monoisotopic (exact) mass is 276 g/mol. The Morgan fingerprint density at radius 1 is 1.35 bits per heavy atom. The lowest BCUT2D eigenvalue weighted by Gasteiger charge is -2.33. The van der Waals surface area contributed by atoms with Gasteiger partial charge >= 0.3 is 0 Å². The first kappa shape index (κ1) is 14.9. The number of rotatable bonds is 3. The molecule has 1 aliphatic carbocycles. The standard InChI is InChI=1S/C15H24N4O/c1-4-14-13(9-10(2)17-18-14)15(20)19(3)12-7-5-11(16)6-8-12/h9,11-12H,4-8,16H2,1-3H3. The minimum atomic E-state index is 0.0559. The Morgan fingerprint density at radius 2 is 2.00 bits per heavy atom. The Hall–Kier alpha value is -1.49. The van der Waals surface area contributed by atoms with Crippen molar-refractivity contribution in [1.82, 2.24) is 15.1 Å². The van der Waals surface area contributed by atoms with Crippen molar-refractivity contribution in [1.29, 1.82) is 0 Å². The van der Waals surface area contributed by atoms with E-state index in [-0.39, 0.29) is 5.91 Å². The van der Waals surface area contributed by atoms with Crippen molar-refractivity contribution < 1.29 is 4.79 Å². The van der Waals surface area contributed by atoms with Crippen molar-refractivity contribution in [2.75, 3.05) is 7.05 Å². The molecule has 2 N–H and O–H groups in total. The number of nitrogens with two attached hydrogens (primary N) is 1. The van der Waals surface area contributed by atoms with Crippen molar-refractivity contribution in [3.8, 4) is 0 Å². The lowest BCUT2D eigenvalue weighted by atomic mass is 9.90. The van der Waals surface area contributed by atoms with E-state index >= 15 is 0 Å². The first-order valence-corrected chi connectivity index (χ1v) is 7.38. The van der Waals surface area contributed by atoms with Gasteiger partial charge in [-0.2, -0.15) is 10.2 Å². The van der Waals surface area contributed by atoms with Crippen LogP contribution in [0.25, 0.3) is 0 Å². The number of nitrogens with zero attached hydrogens (tertiary/aromatic N) is 3. The highest BCUT2D eigenvalue weighted by molar-refractivity contribution is 5.95. The van der Waals surface area contributed by atoms with Gasteiger partial charge in [0.25, 0.3) is 5.91 Å². The van der Waals surface area contributed by atoms with Gasteiger partial charge in [0.1, 0.15) is 0 Å². The molecule has 0 atom stereocenters. The molecule has 110 valence electrons. The van der Waals surface area contributed by atoms with Gasteiger partial charge in [0, 0.05) is 19.1 Å². The zero-order valence-electron chi connectivity index (χ0n) is 12.6. The first-order valence-electron chi connectivity index (χ1n) is 7.38. The second-order valence-corrected chi connectivity index (χ2v) is 5.68. The van der Waals surface area contributed by atoms with Crippen LogP contribution in [0.2, 0.25) is 0 Å². The Morgan fingerprint density at radius 3 is 2.60 bits per heavy atom. The molecule has 5 heteroatoms. The second kappa shape index (κ2) is 6.31. The lowest BCUT2D eigenvalue weighted by molar-refractivity contribution is 0.0688. The summed E-state index contributed by atoms with van der Waals surface area (Å²) in [6.07, 6.45) is 4.69. The maximum absolute atomic E-state index is 12.7. The largest absolute Gasteiger partial charge is 0.339 e. The molecular weight excluding hydrogens is 252 g/mol. The number of hydrogen-bond acceptors (Lipinski definition) is 4. The molecule has 1 aliphatic rings. The fourth-order valence-corrected chi connectivity index (χ4v) is 2.81. The highest BCUT2D eigenvalue weighted by Gasteiger charge is 2.27. The van der Waals surface area contributed by atoms with Gasteiger partial charge in [0.2, 0.25) is 0 Å². The van der Waals surface area contributed by atoms with Crippen LogP contribution in [0.5, 0.6) is 0 Å². The van der Waals surface area contributed by atoms with Gasteiger partial charge in [-0.05, 0) is 45.1 Å². The molecule has 1 saturated carbocycles. The van der Waals surface area contributed by atoms with Gasteiger partial charge in [-0.25, -0.2) is 0 Å². The summed E-state index contributed by atoms with van der Waals surface area (Å²) in [5, 5.41) is 8.18. The van der Waals surface area contributed by atoms with E-state index in [2.05, 4.69) is 10.2 Å². The normalized spacial score (nSPS) is 22.6. The minimum Gasteiger partial charge on any atom is -0.339 e. The number of carbonyl (C=O) groups excluding carboxylic acids is 1. The number of amides is 1. The fraction of sp³-hybridized carbons (Fsp3) is 0.667. The van der Waals surface area contributed by atoms with Crippen LogP contribution < -0.4 is 5.73 Å². The van der Waals surface area contributed by atoms with E-state index in [1.54, 1.807) is 0 Å². The molecule has 0 saturated heterocycles. The zero-order chi connectivity index (χ0) is 14.7. The van der Waals surface area contributed by atoms with Crippen LogP contribution in [0.3, 0.4) is 0 Å². The van der Waals surface area contributed by atoms with E-state index in [0.29, 0.717) is 17.6 Å². The second-order valence-electron chi connectivity index (χ2n) is 5.68. The lowest BCUT2D eigenvalue weighted by Crippen LogP contribution is -2.42. The van der Waals surface area contributed by atoms with Crippen LogP contribution in [0.1, 0.15) is 54.4 Å². The summed E-state index contributed by atoms with van der Waals surface area (Å²) in [6, 6.07) is 2.44. The van der Waals surface area contributed by atoms with Crippen molar-refractivity contribution in [2.45, 2.75) is 58.0 Å². The average Bonchev–Trinajstić information content (AvgIpc) is 2.46. The molecule has 1 fully saturated rings. The predicted octanol–water partition coefficient (Wildman–Crippen LogP) is 1.69. The molecule has 5 nitrogen and oxygen atoms in total. The van der Waals surface area contributed by atoms with E-state index in [1.807, 2.05) is 31.9 Å². The van der Waals surface area contributed by atoms with Gasteiger partial charge in [0.15, 0.2) is 0 Å². The predicted molar refractivity (Wildman–Crippen MR) is 78.5 cm³/mol. The fourth-order valence-electron chi connectivity index (χ4n) is 2.81. The molecule has 20 heavy (non-hydrogen) atoms. The molecule has 0 radical (unpaired) electrons. The van der Waals surface area contributed by atoms with Crippen LogP contribution in [0.15, 0.2) is 6.07 Å². The Labute approximate surface area is 120 Å². The summed E-state index contributed by atoms with van der Waals surface area (Å²) >= 11 is 0. The molecule has 1 aromatic heterocycles. The van der Waals surface area contributed by atoms with E-state index in [1.165, 1.54) is 0 Å². The van der Waals surface area contributed by atoms with Gasteiger partial charge in [-0.3, -0.25) is 4.79 Å². The van der Waals surface area contributed by atoms with Gasteiger partial charge in [0.05, 0.1) is 17.0 Å². The smallest absolute Gasteiger partial charge is 0.255 e. The first-order chi connectivity index (χ1) is 9.52. The Kier molecular flexibility index (Phi) is 4.70. The van der Waals surface area contributed by atoms with Crippen LogP contribution >= 0.6 is 0 Å². The van der Waals surface area contributed by atoms with Gasteiger partial charge < -0.3 is 10.6 Å². The molecular formula is C15H24N4O. The maximum atomic E-state index is 12.7. The van der Waals surface area contributed by atoms with E-state index in [4.69, 9.17) is 5.73 Å². The Balaban J connectivity index is 2.16. The van der Waals surface area contributed by atoms with Crippen molar-refractivity contribution in [3.63, 3.8) is 0 Å². The topological polar surface area (TPSA) is 72.1 Å². The molecule has 0 aromatic carbocycles. The van der Waals surface area contributed by atoms with Gasteiger partial charge in [-0.15, -0.1) is 0 Å². The number of carbonyl (C=O) groups is 1. The summed E-state index contributed by atoms with van der Waals surface area (Å²) in [7, 11) is 1.89. The number of hydrogen-bond donors (Lipinski definition) is 1. The summed E-state index contributed by atoms with van der Waals surface area (Å²) in [6.45, 7) is 3.86. The summed E-state index contributed by atoms with van der Waals surface area (Å²) in [5.41, 5.74) is 8.18. The zero-order valence-corrected chi connectivity index (χ0v) is 12.6. The van der Waals surface area contributed by atoms with Crippen LogP contribution in [0.4, 0.5) is 0 Å². The highest BCUT2D eigenvalue weighted by Crippen LogP contribution is 2.23. The Bertz CT molecular complexity index is 481. The SMILES string of the molecule is CCc1nnc(C)cc1C(=O)N(C)C1CCC(N)CC1. The van der Waals surface area contributed by atoms with E-state index in [9.17, 15) is 4.79 Å².